The molecule has 24 heavy (non-hydrogen) atoms. The highest BCUT2D eigenvalue weighted by atomic mass is 35.5. The van der Waals surface area contributed by atoms with Crippen LogP contribution in [0.2, 0.25) is 5.02 Å². The largest absolute Gasteiger partial charge is 0.335 e. The lowest BCUT2D eigenvalue weighted by molar-refractivity contribution is 0.102. The van der Waals surface area contributed by atoms with E-state index in [4.69, 9.17) is 11.6 Å². The van der Waals surface area contributed by atoms with Crippen LogP contribution in [0.25, 0.3) is 0 Å². The molecule has 0 spiro atoms. The van der Waals surface area contributed by atoms with E-state index in [1.807, 2.05) is 0 Å². The fourth-order valence-corrected chi connectivity index (χ4v) is 2.34. The van der Waals surface area contributed by atoms with Crippen molar-refractivity contribution in [3.05, 3.63) is 58.9 Å². The van der Waals surface area contributed by atoms with Gasteiger partial charge in [0.05, 0.1) is 10.6 Å². The van der Waals surface area contributed by atoms with E-state index in [-0.39, 0.29) is 22.7 Å². The number of nitrogens with one attached hydrogen (secondary N) is 3. The van der Waals surface area contributed by atoms with E-state index in [1.165, 1.54) is 12.1 Å². The number of rotatable bonds is 4. The van der Waals surface area contributed by atoms with Crippen molar-refractivity contribution in [1.82, 2.24) is 5.32 Å². The monoisotopic (exact) mass is 347 g/mol. The lowest BCUT2D eigenvalue weighted by Gasteiger charge is -2.09. The van der Waals surface area contributed by atoms with Crippen LogP contribution in [0.15, 0.2) is 42.5 Å². The van der Waals surface area contributed by atoms with Gasteiger partial charge >= 0.3 is 6.03 Å². The highest BCUT2D eigenvalue weighted by Gasteiger charge is 2.23. The molecule has 3 amide bonds. The Bertz CT molecular complexity index is 776. The summed E-state index contributed by atoms with van der Waals surface area (Å²) in [5.41, 5.74) is 1.34. The first-order valence-electron chi connectivity index (χ1n) is 7.45. The Labute approximate surface area is 143 Å². The molecule has 1 aliphatic carbocycles. The van der Waals surface area contributed by atoms with Gasteiger partial charge in [0.1, 0.15) is 5.82 Å². The molecule has 1 fully saturated rings. The van der Waals surface area contributed by atoms with Crippen molar-refractivity contribution in [2.75, 3.05) is 10.6 Å². The van der Waals surface area contributed by atoms with E-state index in [1.54, 1.807) is 24.3 Å². The molecule has 124 valence electrons. The lowest BCUT2D eigenvalue weighted by Crippen LogP contribution is -2.30. The van der Waals surface area contributed by atoms with E-state index in [9.17, 15) is 14.0 Å². The number of amides is 3. The van der Waals surface area contributed by atoms with E-state index in [0.29, 0.717) is 11.4 Å². The fourth-order valence-electron chi connectivity index (χ4n) is 2.09. The van der Waals surface area contributed by atoms with Crippen LogP contribution >= 0.6 is 11.6 Å². The average molecular weight is 348 g/mol. The van der Waals surface area contributed by atoms with Gasteiger partial charge in [0.25, 0.3) is 5.91 Å². The number of carbonyl (C=O) groups is 2. The highest BCUT2D eigenvalue weighted by Crippen LogP contribution is 2.21. The van der Waals surface area contributed by atoms with Crippen LogP contribution in [0, 0.1) is 5.82 Å². The third kappa shape index (κ3) is 4.23. The van der Waals surface area contributed by atoms with E-state index in [0.717, 1.165) is 18.9 Å². The Morgan fingerprint density at radius 2 is 1.62 bits per heavy atom. The van der Waals surface area contributed by atoms with Gasteiger partial charge in [0.15, 0.2) is 0 Å². The molecule has 5 nitrogen and oxygen atoms in total. The van der Waals surface area contributed by atoms with Gasteiger partial charge < -0.3 is 16.0 Å². The maximum atomic E-state index is 13.0. The summed E-state index contributed by atoms with van der Waals surface area (Å²) in [6.45, 7) is 0. The summed E-state index contributed by atoms with van der Waals surface area (Å²) in [5, 5.41) is 8.24. The molecular formula is C17H15ClFN3O2. The third-order valence-electron chi connectivity index (χ3n) is 3.49. The fraction of sp³-hybridized carbons (Fsp3) is 0.176. The number of carbonyl (C=O) groups excluding carboxylic acids is 2. The molecule has 2 aromatic carbocycles. The van der Waals surface area contributed by atoms with Gasteiger partial charge in [-0.2, -0.15) is 0 Å². The van der Waals surface area contributed by atoms with Gasteiger partial charge in [0.2, 0.25) is 0 Å². The summed E-state index contributed by atoms with van der Waals surface area (Å²) in [4.78, 5) is 23.8. The van der Waals surface area contributed by atoms with Crippen molar-refractivity contribution in [3.63, 3.8) is 0 Å². The highest BCUT2D eigenvalue weighted by molar-refractivity contribution is 6.34. The van der Waals surface area contributed by atoms with E-state index >= 15 is 0 Å². The Morgan fingerprint density at radius 1 is 1.00 bits per heavy atom. The molecule has 0 unspecified atom stereocenters. The average Bonchev–Trinajstić information content (AvgIpc) is 3.33. The van der Waals surface area contributed by atoms with Gasteiger partial charge in [-0.05, 0) is 55.3 Å². The van der Waals surface area contributed by atoms with Crippen LogP contribution in [0.4, 0.5) is 20.6 Å². The number of halogens is 2. The first kappa shape index (κ1) is 16.3. The van der Waals surface area contributed by atoms with Crippen LogP contribution in [-0.4, -0.2) is 18.0 Å². The molecule has 0 aliphatic heterocycles. The van der Waals surface area contributed by atoms with Crippen LogP contribution in [-0.2, 0) is 0 Å². The van der Waals surface area contributed by atoms with Gasteiger partial charge in [-0.3, -0.25) is 4.79 Å². The van der Waals surface area contributed by atoms with Crippen molar-refractivity contribution < 1.29 is 14.0 Å². The molecule has 1 aliphatic rings. The molecule has 1 saturated carbocycles. The van der Waals surface area contributed by atoms with Crippen molar-refractivity contribution in [3.8, 4) is 0 Å². The lowest BCUT2D eigenvalue weighted by atomic mass is 10.2. The predicted octanol–water partition coefficient (Wildman–Crippen LogP) is 4.02. The Kier molecular flexibility index (Phi) is 4.66. The van der Waals surface area contributed by atoms with E-state index in [2.05, 4.69) is 16.0 Å². The SMILES string of the molecule is O=C(Nc1ccc(NC(=O)c2ccc(F)cc2Cl)cc1)NC1CC1. The smallest absolute Gasteiger partial charge is 0.319 e. The molecule has 0 aromatic heterocycles. The Hall–Kier alpha value is -2.60. The standard InChI is InChI=1S/C17H15ClFN3O2/c18-15-9-10(19)1-8-14(15)16(23)20-11-2-4-12(5-3-11)21-17(24)22-13-6-7-13/h1-5,8-9,13H,6-7H2,(H,20,23)(H2,21,22,24). The normalized spacial score (nSPS) is 13.2. The van der Waals surface area contributed by atoms with Crippen LogP contribution < -0.4 is 16.0 Å². The number of anilines is 2. The quantitative estimate of drug-likeness (QED) is 0.782. The first-order chi connectivity index (χ1) is 11.5. The maximum absolute atomic E-state index is 13.0. The minimum Gasteiger partial charge on any atom is -0.335 e. The first-order valence-corrected chi connectivity index (χ1v) is 7.83. The van der Waals surface area contributed by atoms with Gasteiger partial charge in [-0.15, -0.1) is 0 Å². The second kappa shape index (κ2) is 6.88. The number of urea groups is 1. The minimum atomic E-state index is -0.503. The van der Waals surface area contributed by atoms with Gasteiger partial charge in [0, 0.05) is 17.4 Å². The third-order valence-corrected chi connectivity index (χ3v) is 3.80. The summed E-state index contributed by atoms with van der Waals surface area (Å²) in [7, 11) is 0. The number of hydrogen-bond acceptors (Lipinski definition) is 2. The van der Waals surface area contributed by atoms with Crippen LogP contribution in [0.1, 0.15) is 23.2 Å². The van der Waals surface area contributed by atoms with Crippen molar-refractivity contribution in [1.29, 1.82) is 0 Å². The summed E-state index contributed by atoms with van der Waals surface area (Å²) >= 11 is 5.86. The van der Waals surface area contributed by atoms with Crippen molar-refractivity contribution >= 4 is 34.9 Å². The second-order valence-electron chi connectivity index (χ2n) is 5.53. The zero-order chi connectivity index (χ0) is 17.1. The van der Waals surface area contributed by atoms with Crippen molar-refractivity contribution in [2.45, 2.75) is 18.9 Å². The summed E-state index contributed by atoms with van der Waals surface area (Å²) < 4.78 is 13.0. The zero-order valence-electron chi connectivity index (χ0n) is 12.6. The molecule has 0 radical (unpaired) electrons. The predicted molar refractivity (Wildman–Crippen MR) is 91.0 cm³/mol. The zero-order valence-corrected chi connectivity index (χ0v) is 13.4. The molecule has 3 N–H and O–H groups in total. The van der Waals surface area contributed by atoms with Gasteiger partial charge in [-0.1, -0.05) is 11.6 Å². The molecule has 0 heterocycles. The topological polar surface area (TPSA) is 70.2 Å². The number of hydrogen-bond donors (Lipinski definition) is 3. The minimum absolute atomic E-state index is 0.0440. The molecule has 0 atom stereocenters. The van der Waals surface area contributed by atoms with Crippen molar-refractivity contribution in [2.24, 2.45) is 0 Å². The molecule has 7 heteroatoms. The second-order valence-corrected chi connectivity index (χ2v) is 5.94. The Morgan fingerprint density at radius 3 is 2.21 bits per heavy atom. The summed E-state index contributed by atoms with van der Waals surface area (Å²) in [5.74, 6) is -0.941. The van der Waals surface area contributed by atoms with Crippen LogP contribution in [0.3, 0.4) is 0 Å². The molecule has 2 aromatic rings. The number of benzene rings is 2. The molecule has 0 saturated heterocycles. The van der Waals surface area contributed by atoms with Crippen LogP contribution in [0.5, 0.6) is 0 Å². The molecule has 3 rings (SSSR count). The van der Waals surface area contributed by atoms with E-state index < -0.39 is 11.7 Å². The Balaban J connectivity index is 1.60. The summed E-state index contributed by atoms with van der Waals surface area (Å²) in [6, 6.07) is 10.3. The maximum Gasteiger partial charge on any atom is 0.319 e. The molecular weight excluding hydrogens is 333 g/mol. The van der Waals surface area contributed by atoms with Gasteiger partial charge in [-0.25, -0.2) is 9.18 Å². The molecule has 0 bridgehead atoms. The summed E-state index contributed by atoms with van der Waals surface area (Å²) in [6.07, 6.45) is 2.04.